The van der Waals surface area contributed by atoms with Crippen LogP contribution in [0.3, 0.4) is 0 Å². The van der Waals surface area contributed by atoms with Crippen molar-refractivity contribution in [2.75, 3.05) is 0 Å². The summed E-state index contributed by atoms with van der Waals surface area (Å²) in [4.78, 5) is 29.0. The summed E-state index contributed by atoms with van der Waals surface area (Å²) in [7, 11) is 0. The molecule has 1 N–H and O–H groups in total. The summed E-state index contributed by atoms with van der Waals surface area (Å²) in [6, 6.07) is 10.5. The lowest BCUT2D eigenvalue weighted by Crippen LogP contribution is -2.29. The fourth-order valence-corrected chi connectivity index (χ4v) is 2.53. The number of rotatable bonds is 6. The van der Waals surface area contributed by atoms with Gasteiger partial charge in [0.25, 0.3) is 11.5 Å². The van der Waals surface area contributed by atoms with E-state index in [4.69, 9.17) is 0 Å². The van der Waals surface area contributed by atoms with E-state index in [2.05, 4.69) is 20.6 Å². The maximum Gasteiger partial charge on any atom is 0.292 e. The van der Waals surface area contributed by atoms with Crippen LogP contribution >= 0.6 is 0 Å². The Morgan fingerprint density at radius 3 is 2.65 bits per heavy atom. The van der Waals surface area contributed by atoms with E-state index in [1.54, 1.807) is 48.8 Å². The van der Waals surface area contributed by atoms with Crippen molar-refractivity contribution < 1.29 is 4.79 Å². The number of amides is 1. The Morgan fingerprint density at radius 1 is 1.19 bits per heavy atom. The molecule has 3 rings (SSSR count). The van der Waals surface area contributed by atoms with Crippen molar-refractivity contribution in [2.24, 2.45) is 5.10 Å². The lowest BCUT2D eigenvalue weighted by molar-refractivity contribution is 0.0949. The molecule has 0 bridgehead atoms. The molecule has 0 saturated carbocycles. The predicted molar refractivity (Wildman–Crippen MR) is 100 cm³/mol. The highest BCUT2D eigenvalue weighted by Gasteiger charge is 2.16. The first kappa shape index (κ1) is 17.5. The maximum atomic E-state index is 12.6. The van der Waals surface area contributed by atoms with Gasteiger partial charge in [-0.15, -0.1) is 0 Å². The smallest absolute Gasteiger partial charge is 0.267 e. The van der Waals surface area contributed by atoms with Gasteiger partial charge in [-0.3, -0.25) is 14.6 Å². The predicted octanol–water partition coefficient (Wildman–Crippen LogP) is 2.36. The van der Waals surface area contributed by atoms with E-state index < -0.39 is 5.91 Å². The van der Waals surface area contributed by atoms with Crippen LogP contribution in [0, 0.1) is 0 Å². The average Bonchev–Trinajstić information content (AvgIpc) is 2.68. The second kappa shape index (κ2) is 8.15. The molecule has 3 aromatic rings. The fraction of sp³-hybridized carbons (Fsp3) is 0.211. The minimum absolute atomic E-state index is 0.184. The molecule has 132 valence electrons. The molecule has 1 amide bonds. The van der Waals surface area contributed by atoms with Crippen LogP contribution in [0.2, 0.25) is 0 Å². The molecule has 2 aromatic heterocycles. The van der Waals surface area contributed by atoms with Crippen molar-refractivity contribution in [3.63, 3.8) is 0 Å². The standard InChI is InChI=1S/C19H19N5O2/c1-2-3-12-24-19(26)16-7-5-4-6-15(16)17(23-24)18(25)22-21-13-14-8-10-20-11-9-14/h4-11,13H,2-3,12H2,1H3,(H,22,25)/b21-13-. The van der Waals surface area contributed by atoms with Crippen LogP contribution in [0.4, 0.5) is 0 Å². The van der Waals surface area contributed by atoms with Crippen LogP contribution in [0.25, 0.3) is 10.8 Å². The van der Waals surface area contributed by atoms with E-state index in [1.165, 1.54) is 10.9 Å². The quantitative estimate of drug-likeness (QED) is 0.546. The van der Waals surface area contributed by atoms with Gasteiger partial charge >= 0.3 is 0 Å². The molecular formula is C19H19N5O2. The molecule has 7 nitrogen and oxygen atoms in total. The number of hydrogen-bond donors (Lipinski definition) is 1. The Kier molecular flexibility index (Phi) is 5.48. The van der Waals surface area contributed by atoms with Gasteiger partial charge in [0.05, 0.1) is 11.6 Å². The first-order valence-corrected chi connectivity index (χ1v) is 8.44. The molecule has 0 atom stereocenters. The van der Waals surface area contributed by atoms with Gasteiger partial charge < -0.3 is 0 Å². The number of pyridine rings is 1. The van der Waals surface area contributed by atoms with Gasteiger partial charge in [0.15, 0.2) is 5.69 Å². The first-order chi connectivity index (χ1) is 12.7. The second-order valence-electron chi connectivity index (χ2n) is 5.76. The van der Waals surface area contributed by atoms with Crippen molar-refractivity contribution in [1.29, 1.82) is 0 Å². The highest BCUT2D eigenvalue weighted by Crippen LogP contribution is 2.13. The zero-order valence-corrected chi connectivity index (χ0v) is 14.4. The molecular weight excluding hydrogens is 330 g/mol. The zero-order chi connectivity index (χ0) is 18.4. The molecule has 26 heavy (non-hydrogen) atoms. The monoisotopic (exact) mass is 349 g/mol. The third-order valence-corrected chi connectivity index (χ3v) is 3.89. The van der Waals surface area contributed by atoms with Gasteiger partial charge in [0, 0.05) is 24.3 Å². The largest absolute Gasteiger partial charge is 0.292 e. The molecule has 0 unspecified atom stereocenters. The van der Waals surface area contributed by atoms with Crippen LogP contribution in [-0.2, 0) is 6.54 Å². The third-order valence-electron chi connectivity index (χ3n) is 3.89. The number of nitrogens with zero attached hydrogens (tertiary/aromatic N) is 4. The number of fused-ring (bicyclic) bond motifs is 1. The molecule has 0 aliphatic carbocycles. The van der Waals surface area contributed by atoms with Gasteiger partial charge in [-0.2, -0.15) is 10.2 Å². The number of unbranched alkanes of at least 4 members (excludes halogenated alkanes) is 1. The summed E-state index contributed by atoms with van der Waals surface area (Å²) >= 11 is 0. The van der Waals surface area contributed by atoms with E-state index >= 15 is 0 Å². The molecule has 0 radical (unpaired) electrons. The Bertz CT molecular complexity index is 996. The molecule has 0 spiro atoms. The van der Waals surface area contributed by atoms with Crippen LogP contribution < -0.4 is 11.0 Å². The second-order valence-corrected chi connectivity index (χ2v) is 5.76. The van der Waals surface area contributed by atoms with Gasteiger partial charge in [0.2, 0.25) is 0 Å². The minimum Gasteiger partial charge on any atom is -0.267 e. The summed E-state index contributed by atoms with van der Waals surface area (Å²) in [5, 5.41) is 9.22. The number of carbonyl (C=O) groups is 1. The highest BCUT2D eigenvalue weighted by molar-refractivity contribution is 6.04. The fourth-order valence-electron chi connectivity index (χ4n) is 2.53. The van der Waals surface area contributed by atoms with E-state index in [0.717, 1.165) is 18.4 Å². The van der Waals surface area contributed by atoms with Crippen molar-refractivity contribution in [2.45, 2.75) is 26.3 Å². The number of benzene rings is 1. The van der Waals surface area contributed by atoms with Crippen LogP contribution in [0.1, 0.15) is 35.8 Å². The summed E-state index contributed by atoms with van der Waals surface area (Å²) in [6.45, 7) is 2.51. The Balaban J connectivity index is 1.92. The summed E-state index contributed by atoms with van der Waals surface area (Å²) < 4.78 is 1.35. The summed E-state index contributed by atoms with van der Waals surface area (Å²) in [5.41, 5.74) is 3.28. The van der Waals surface area contributed by atoms with Gasteiger partial charge in [0.1, 0.15) is 0 Å². The lowest BCUT2D eigenvalue weighted by Gasteiger charge is -2.09. The molecule has 0 aliphatic heterocycles. The van der Waals surface area contributed by atoms with Crippen LogP contribution in [-0.4, -0.2) is 26.9 Å². The molecule has 0 saturated heterocycles. The van der Waals surface area contributed by atoms with E-state index in [1.807, 2.05) is 6.92 Å². The lowest BCUT2D eigenvalue weighted by atomic mass is 10.1. The van der Waals surface area contributed by atoms with Crippen molar-refractivity contribution in [3.8, 4) is 0 Å². The van der Waals surface area contributed by atoms with E-state index in [9.17, 15) is 9.59 Å². The number of aryl methyl sites for hydroxylation is 1. The average molecular weight is 349 g/mol. The number of nitrogens with one attached hydrogen (secondary N) is 1. The van der Waals surface area contributed by atoms with E-state index in [-0.39, 0.29) is 11.3 Å². The molecule has 2 heterocycles. The van der Waals surface area contributed by atoms with Crippen molar-refractivity contribution >= 4 is 22.9 Å². The number of aromatic nitrogens is 3. The van der Waals surface area contributed by atoms with Gasteiger partial charge in [-0.1, -0.05) is 31.5 Å². The van der Waals surface area contributed by atoms with Crippen molar-refractivity contribution in [3.05, 3.63) is 70.4 Å². The Labute approximate surface area is 150 Å². The molecule has 7 heteroatoms. The normalized spacial score (nSPS) is 11.1. The Hall–Kier alpha value is -3.35. The van der Waals surface area contributed by atoms with E-state index in [0.29, 0.717) is 17.3 Å². The topological polar surface area (TPSA) is 89.2 Å². The van der Waals surface area contributed by atoms with Crippen molar-refractivity contribution in [1.82, 2.24) is 20.2 Å². The molecule has 0 fully saturated rings. The maximum absolute atomic E-state index is 12.6. The van der Waals surface area contributed by atoms with Gasteiger partial charge in [-0.05, 0) is 30.2 Å². The summed E-state index contributed by atoms with van der Waals surface area (Å²) in [6.07, 6.45) is 6.55. The Morgan fingerprint density at radius 2 is 1.92 bits per heavy atom. The SMILES string of the molecule is CCCCn1nc(C(=O)N/N=C\c2ccncc2)c2ccccc2c1=O. The molecule has 0 aliphatic rings. The third kappa shape index (κ3) is 3.83. The zero-order valence-electron chi connectivity index (χ0n) is 14.4. The molecule has 1 aromatic carbocycles. The minimum atomic E-state index is -0.461. The highest BCUT2D eigenvalue weighted by atomic mass is 16.2. The van der Waals surface area contributed by atoms with Crippen LogP contribution in [0.5, 0.6) is 0 Å². The summed E-state index contributed by atoms with van der Waals surface area (Å²) in [5.74, 6) is -0.461. The van der Waals surface area contributed by atoms with Crippen LogP contribution in [0.15, 0.2) is 58.7 Å². The number of carbonyl (C=O) groups excluding carboxylic acids is 1. The number of hydrogen-bond acceptors (Lipinski definition) is 5. The van der Waals surface area contributed by atoms with Gasteiger partial charge in [-0.25, -0.2) is 10.1 Å². The first-order valence-electron chi connectivity index (χ1n) is 8.44. The number of hydrazone groups is 1.